The first-order valence-electron chi connectivity index (χ1n) is 7.63. The highest BCUT2D eigenvalue weighted by Gasteiger charge is 2.39. The predicted octanol–water partition coefficient (Wildman–Crippen LogP) is 1.37. The Kier molecular flexibility index (Phi) is 4.17. The normalized spacial score (nSPS) is 16.4. The Morgan fingerprint density at radius 3 is 2.44 bits per heavy atom. The minimum atomic E-state index is -4.69. The van der Waals surface area contributed by atoms with Gasteiger partial charge in [0, 0.05) is 20.1 Å². The molecule has 0 radical (unpaired) electrons. The van der Waals surface area contributed by atoms with E-state index in [-0.39, 0.29) is 5.91 Å². The van der Waals surface area contributed by atoms with E-state index in [9.17, 15) is 22.8 Å². The number of hydrogen-bond donors (Lipinski definition) is 0. The standard InChI is InChI=1S/C14H16F3N5O3/c1-8-10(7-18-25-8)11(23)21-5-3-9(4-6-21)22-13(24)20(2)12(19-22)14(15,16)17/h7,9H,3-6H2,1-2H3. The molecule has 0 aliphatic carbocycles. The highest BCUT2D eigenvalue weighted by molar-refractivity contribution is 5.94. The van der Waals surface area contributed by atoms with Crippen LogP contribution in [0.5, 0.6) is 0 Å². The molecule has 25 heavy (non-hydrogen) atoms. The molecule has 0 saturated carbocycles. The third-order valence-electron chi connectivity index (χ3n) is 4.34. The molecule has 1 amide bonds. The van der Waals surface area contributed by atoms with Crippen molar-refractivity contribution in [2.24, 2.45) is 7.05 Å². The van der Waals surface area contributed by atoms with Gasteiger partial charge in [0.05, 0.1) is 12.2 Å². The lowest BCUT2D eigenvalue weighted by Crippen LogP contribution is -2.41. The van der Waals surface area contributed by atoms with Crippen LogP contribution in [0.2, 0.25) is 0 Å². The summed E-state index contributed by atoms with van der Waals surface area (Å²) in [6.07, 6.45) is -2.68. The summed E-state index contributed by atoms with van der Waals surface area (Å²) in [5.74, 6) is -1.07. The summed E-state index contributed by atoms with van der Waals surface area (Å²) in [6.45, 7) is 2.23. The van der Waals surface area contributed by atoms with Gasteiger partial charge in [-0.25, -0.2) is 9.48 Å². The first-order chi connectivity index (χ1) is 11.7. The number of piperidine rings is 1. The number of carbonyl (C=O) groups is 1. The van der Waals surface area contributed by atoms with Gasteiger partial charge >= 0.3 is 11.9 Å². The molecule has 11 heteroatoms. The quantitative estimate of drug-likeness (QED) is 0.808. The van der Waals surface area contributed by atoms with Gasteiger partial charge in [0.15, 0.2) is 0 Å². The molecule has 2 aromatic heterocycles. The smallest absolute Gasteiger partial charge is 0.361 e. The molecule has 0 unspecified atom stereocenters. The summed E-state index contributed by atoms with van der Waals surface area (Å²) in [7, 11) is 1.04. The van der Waals surface area contributed by atoms with Gasteiger partial charge in [0.25, 0.3) is 5.91 Å². The molecule has 8 nitrogen and oxygen atoms in total. The number of likely N-dealkylation sites (tertiary alicyclic amines) is 1. The van der Waals surface area contributed by atoms with E-state index in [1.165, 1.54) is 6.20 Å². The Morgan fingerprint density at radius 2 is 1.96 bits per heavy atom. The molecule has 3 rings (SSSR count). The lowest BCUT2D eigenvalue weighted by Gasteiger charge is -2.31. The maximum atomic E-state index is 12.9. The zero-order valence-corrected chi connectivity index (χ0v) is 13.6. The largest absolute Gasteiger partial charge is 0.451 e. The summed E-state index contributed by atoms with van der Waals surface area (Å²) in [4.78, 5) is 26.0. The fourth-order valence-electron chi connectivity index (χ4n) is 2.93. The molecular weight excluding hydrogens is 343 g/mol. The van der Waals surface area contributed by atoms with Gasteiger partial charge < -0.3 is 9.42 Å². The molecule has 3 heterocycles. The fraction of sp³-hybridized carbons (Fsp3) is 0.571. The minimum absolute atomic E-state index is 0.249. The van der Waals surface area contributed by atoms with Crippen LogP contribution in [0.3, 0.4) is 0 Å². The minimum Gasteiger partial charge on any atom is -0.361 e. The van der Waals surface area contributed by atoms with E-state index in [4.69, 9.17) is 4.52 Å². The zero-order chi connectivity index (χ0) is 18.4. The Morgan fingerprint density at radius 1 is 1.32 bits per heavy atom. The number of aromatic nitrogens is 4. The summed E-state index contributed by atoms with van der Waals surface area (Å²) in [5, 5.41) is 7.01. The molecule has 1 fully saturated rings. The summed E-state index contributed by atoms with van der Waals surface area (Å²) in [6, 6.07) is -0.484. The lowest BCUT2D eigenvalue weighted by atomic mass is 10.0. The molecule has 0 aromatic carbocycles. The van der Waals surface area contributed by atoms with Crippen molar-refractivity contribution < 1.29 is 22.5 Å². The number of carbonyl (C=O) groups excluding carboxylic acids is 1. The van der Waals surface area contributed by atoms with E-state index in [1.54, 1.807) is 11.8 Å². The summed E-state index contributed by atoms with van der Waals surface area (Å²) in [5.41, 5.74) is -0.459. The molecule has 0 bridgehead atoms. The second-order valence-electron chi connectivity index (χ2n) is 5.93. The van der Waals surface area contributed by atoms with E-state index in [0.29, 0.717) is 41.8 Å². The van der Waals surface area contributed by atoms with Crippen LogP contribution < -0.4 is 5.69 Å². The highest BCUT2D eigenvalue weighted by atomic mass is 19.4. The molecule has 0 atom stereocenters. The maximum Gasteiger partial charge on any atom is 0.451 e. The van der Waals surface area contributed by atoms with Crippen LogP contribution in [-0.2, 0) is 13.2 Å². The van der Waals surface area contributed by atoms with Crippen molar-refractivity contribution in [3.63, 3.8) is 0 Å². The number of nitrogens with zero attached hydrogens (tertiary/aromatic N) is 5. The first kappa shape index (κ1) is 17.2. The number of halogens is 3. The number of amides is 1. The van der Waals surface area contributed by atoms with Crippen molar-refractivity contribution in [3.05, 3.63) is 33.8 Å². The SMILES string of the molecule is Cc1oncc1C(=O)N1CCC(n2nc(C(F)(F)F)n(C)c2=O)CC1. The van der Waals surface area contributed by atoms with Gasteiger partial charge in [-0.3, -0.25) is 9.36 Å². The van der Waals surface area contributed by atoms with Crippen molar-refractivity contribution in [2.45, 2.75) is 32.0 Å². The average Bonchev–Trinajstić information content (AvgIpc) is 3.11. The van der Waals surface area contributed by atoms with Crippen LogP contribution in [0, 0.1) is 6.92 Å². The van der Waals surface area contributed by atoms with E-state index in [1.807, 2.05) is 0 Å². The van der Waals surface area contributed by atoms with Crippen LogP contribution in [-0.4, -0.2) is 43.4 Å². The maximum absolute atomic E-state index is 12.9. The third kappa shape index (κ3) is 3.05. The zero-order valence-electron chi connectivity index (χ0n) is 13.6. The van der Waals surface area contributed by atoms with Crippen molar-refractivity contribution >= 4 is 5.91 Å². The number of rotatable bonds is 2. The Balaban J connectivity index is 1.74. The second-order valence-corrected chi connectivity index (χ2v) is 5.93. The Hall–Kier alpha value is -2.59. The molecule has 1 aliphatic rings. The van der Waals surface area contributed by atoms with Gasteiger partial charge in [0.2, 0.25) is 5.82 Å². The molecule has 0 spiro atoms. The average molecular weight is 359 g/mol. The highest BCUT2D eigenvalue weighted by Crippen LogP contribution is 2.28. The van der Waals surface area contributed by atoms with Crippen molar-refractivity contribution in [1.29, 1.82) is 0 Å². The van der Waals surface area contributed by atoms with Gasteiger partial charge in [-0.05, 0) is 19.8 Å². The summed E-state index contributed by atoms with van der Waals surface area (Å²) < 4.78 is 44.8. The molecule has 1 saturated heterocycles. The first-order valence-corrected chi connectivity index (χ1v) is 7.63. The lowest BCUT2D eigenvalue weighted by molar-refractivity contribution is -0.147. The molecule has 0 N–H and O–H groups in total. The second kappa shape index (κ2) is 6.05. The topological polar surface area (TPSA) is 86.2 Å². The molecular formula is C14H16F3N5O3. The molecule has 2 aromatic rings. The Labute approximate surface area is 139 Å². The van der Waals surface area contributed by atoms with Crippen LogP contribution in [0.1, 0.15) is 40.8 Å². The van der Waals surface area contributed by atoms with E-state index in [0.717, 1.165) is 11.7 Å². The van der Waals surface area contributed by atoms with Crippen LogP contribution in [0.25, 0.3) is 0 Å². The van der Waals surface area contributed by atoms with Crippen LogP contribution in [0.15, 0.2) is 15.5 Å². The van der Waals surface area contributed by atoms with Gasteiger partial charge in [-0.15, -0.1) is 5.10 Å². The summed E-state index contributed by atoms with van der Waals surface area (Å²) >= 11 is 0. The van der Waals surface area contributed by atoms with Gasteiger partial charge in [-0.1, -0.05) is 5.16 Å². The van der Waals surface area contributed by atoms with Gasteiger partial charge in [0.1, 0.15) is 11.3 Å². The number of hydrogen-bond acceptors (Lipinski definition) is 5. The number of alkyl halides is 3. The van der Waals surface area contributed by atoms with Crippen LogP contribution >= 0.6 is 0 Å². The van der Waals surface area contributed by atoms with E-state index < -0.39 is 23.7 Å². The van der Waals surface area contributed by atoms with Gasteiger partial charge in [-0.2, -0.15) is 13.2 Å². The van der Waals surface area contributed by atoms with E-state index >= 15 is 0 Å². The Bertz CT molecular complexity index is 843. The fourth-order valence-corrected chi connectivity index (χ4v) is 2.93. The van der Waals surface area contributed by atoms with E-state index in [2.05, 4.69) is 10.3 Å². The third-order valence-corrected chi connectivity index (χ3v) is 4.34. The van der Waals surface area contributed by atoms with Crippen molar-refractivity contribution in [2.75, 3.05) is 13.1 Å². The molecule has 1 aliphatic heterocycles. The van der Waals surface area contributed by atoms with Crippen LogP contribution in [0.4, 0.5) is 13.2 Å². The van der Waals surface area contributed by atoms with Crippen molar-refractivity contribution in [1.82, 2.24) is 24.4 Å². The predicted molar refractivity (Wildman–Crippen MR) is 77.9 cm³/mol. The number of aryl methyl sites for hydroxylation is 1. The molecule has 136 valence electrons. The van der Waals surface area contributed by atoms with Crippen molar-refractivity contribution in [3.8, 4) is 0 Å². The monoisotopic (exact) mass is 359 g/mol.